The second-order valence-electron chi connectivity index (χ2n) is 5.25. The SMILES string of the molecule is NC1(C(=O)N2CCc3ccc(Br)cc32)CCOCC1. The Morgan fingerprint density at radius 3 is 2.84 bits per heavy atom. The number of hydrogen-bond donors (Lipinski definition) is 1. The highest BCUT2D eigenvalue weighted by Gasteiger charge is 2.41. The van der Waals surface area contributed by atoms with Crippen molar-refractivity contribution in [2.75, 3.05) is 24.7 Å². The highest BCUT2D eigenvalue weighted by molar-refractivity contribution is 9.10. The van der Waals surface area contributed by atoms with Crippen LogP contribution < -0.4 is 10.6 Å². The van der Waals surface area contributed by atoms with Gasteiger partial charge in [-0.1, -0.05) is 22.0 Å². The summed E-state index contributed by atoms with van der Waals surface area (Å²) in [7, 11) is 0. The zero-order valence-corrected chi connectivity index (χ0v) is 12.3. The Hall–Kier alpha value is -0.910. The number of benzene rings is 1. The van der Waals surface area contributed by atoms with Crippen LogP contribution in [0, 0.1) is 0 Å². The first-order chi connectivity index (χ1) is 9.10. The van der Waals surface area contributed by atoms with Crippen LogP contribution in [-0.2, 0) is 16.0 Å². The fraction of sp³-hybridized carbons (Fsp3) is 0.500. The Morgan fingerprint density at radius 1 is 1.37 bits per heavy atom. The Kier molecular flexibility index (Phi) is 3.37. The lowest BCUT2D eigenvalue weighted by molar-refractivity contribution is -0.126. The highest BCUT2D eigenvalue weighted by Crippen LogP contribution is 2.33. The standard InChI is InChI=1S/C14H17BrN2O2/c15-11-2-1-10-3-6-17(12(10)9-11)13(18)14(16)4-7-19-8-5-14/h1-2,9H,3-8,16H2. The van der Waals surface area contributed by atoms with Crippen LogP contribution in [0.1, 0.15) is 18.4 Å². The zero-order valence-electron chi connectivity index (χ0n) is 10.7. The first-order valence-electron chi connectivity index (χ1n) is 6.57. The molecule has 0 atom stereocenters. The molecule has 2 aliphatic rings. The maximum Gasteiger partial charge on any atom is 0.247 e. The van der Waals surface area contributed by atoms with Crippen LogP contribution in [0.4, 0.5) is 5.69 Å². The summed E-state index contributed by atoms with van der Waals surface area (Å²) in [5.74, 6) is 0.0349. The van der Waals surface area contributed by atoms with E-state index in [2.05, 4.69) is 22.0 Å². The Bertz CT molecular complexity index is 512. The van der Waals surface area contributed by atoms with Crippen LogP contribution in [0.5, 0.6) is 0 Å². The van der Waals surface area contributed by atoms with Crippen molar-refractivity contribution in [2.45, 2.75) is 24.8 Å². The summed E-state index contributed by atoms with van der Waals surface area (Å²) in [5.41, 5.74) is 7.74. The van der Waals surface area contributed by atoms with E-state index >= 15 is 0 Å². The molecule has 0 saturated carbocycles. The van der Waals surface area contributed by atoms with Gasteiger partial charge in [0.05, 0.1) is 0 Å². The van der Waals surface area contributed by atoms with Gasteiger partial charge in [-0.25, -0.2) is 0 Å². The molecule has 1 saturated heterocycles. The molecular formula is C14H17BrN2O2. The molecule has 5 heteroatoms. The van der Waals surface area contributed by atoms with Crippen molar-refractivity contribution in [3.63, 3.8) is 0 Å². The number of nitrogens with zero attached hydrogens (tertiary/aromatic N) is 1. The van der Waals surface area contributed by atoms with Gasteiger partial charge in [0.2, 0.25) is 5.91 Å². The van der Waals surface area contributed by atoms with Crippen LogP contribution in [-0.4, -0.2) is 31.2 Å². The smallest absolute Gasteiger partial charge is 0.247 e. The average molecular weight is 325 g/mol. The summed E-state index contributed by atoms with van der Waals surface area (Å²) in [6, 6.07) is 6.09. The van der Waals surface area contributed by atoms with Crippen molar-refractivity contribution in [3.8, 4) is 0 Å². The van der Waals surface area contributed by atoms with Crippen LogP contribution in [0.15, 0.2) is 22.7 Å². The average Bonchev–Trinajstić information content (AvgIpc) is 2.81. The number of ether oxygens (including phenoxy) is 1. The third kappa shape index (κ3) is 2.30. The van der Waals surface area contributed by atoms with E-state index in [1.807, 2.05) is 17.0 Å². The minimum absolute atomic E-state index is 0.0349. The van der Waals surface area contributed by atoms with Crippen molar-refractivity contribution in [3.05, 3.63) is 28.2 Å². The molecule has 1 fully saturated rings. The lowest BCUT2D eigenvalue weighted by atomic mass is 9.89. The Labute approximate surface area is 121 Å². The number of carbonyl (C=O) groups excluding carboxylic acids is 1. The van der Waals surface area contributed by atoms with Gasteiger partial charge in [-0.15, -0.1) is 0 Å². The fourth-order valence-corrected chi connectivity index (χ4v) is 3.13. The lowest BCUT2D eigenvalue weighted by Crippen LogP contribution is -2.58. The van der Waals surface area contributed by atoms with E-state index in [0.29, 0.717) is 26.1 Å². The molecule has 3 rings (SSSR count). The van der Waals surface area contributed by atoms with Gasteiger partial charge in [0.1, 0.15) is 5.54 Å². The second kappa shape index (κ2) is 4.89. The maximum absolute atomic E-state index is 12.7. The van der Waals surface area contributed by atoms with Crippen molar-refractivity contribution in [2.24, 2.45) is 5.73 Å². The predicted octanol–water partition coefficient (Wildman–Crippen LogP) is 1.85. The molecule has 0 bridgehead atoms. The molecule has 1 aromatic carbocycles. The first kappa shape index (κ1) is 13.1. The molecule has 19 heavy (non-hydrogen) atoms. The molecule has 102 valence electrons. The van der Waals surface area contributed by atoms with E-state index in [1.165, 1.54) is 5.56 Å². The molecule has 0 aliphatic carbocycles. The molecular weight excluding hydrogens is 308 g/mol. The van der Waals surface area contributed by atoms with Crippen LogP contribution in [0.3, 0.4) is 0 Å². The highest BCUT2D eigenvalue weighted by atomic mass is 79.9. The van der Waals surface area contributed by atoms with Crippen molar-refractivity contribution < 1.29 is 9.53 Å². The second-order valence-corrected chi connectivity index (χ2v) is 6.16. The van der Waals surface area contributed by atoms with Crippen molar-refractivity contribution in [1.29, 1.82) is 0 Å². The summed E-state index contributed by atoms with van der Waals surface area (Å²) in [6.45, 7) is 1.87. The molecule has 0 aromatic heterocycles. The number of anilines is 1. The van der Waals surface area contributed by atoms with Crippen LogP contribution >= 0.6 is 15.9 Å². The number of fused-ring (bicyclic) bond motifs is 1. The van der Waals surface area contributed by atoms with Crippen molar-refractivity contribution >= 4 is 27.5 Å². The monoisotopic (exact) mass is 324 g/mol. The summed E-state index contributed by atoms with van der Waals surface area (Å²) in [4.78, 5) is 14.6. The summed E-state index contributed by atoms with van der Waals surface area (Å²) in [6.07, 6.45) is 2.11. The lowest BCUT2D eigenvalue weighted by Gasteiger charge is -2.35. The molecule has 4 nitrogen and oxygen atoms in total. The van der Waals surface area contributed by atoms with Gasteiger partial charge in [0.15, 0.2) is 0 Å². The third-order valence-electron chi connectivity index (χ3n) is 4.00. The quantitative estimate of drug-likeness (QED) is 0.857. The summed E-state index contributed by atoms with van der Waals surface area (Å²) in [5, 5.41) is 0. The van der Waals surface area contributed by atoms with E-state index < -0.39 is 5.54 Å². The van der Waals surface area contributed by atoms with E-state index in [9.17, 15) is 4.79 Å². The van der Waals surface area contributed by atoms with Gasteiger partial charge in [-0.2, -0.15) is 0 Å². The minimum Gasteiger partial charge on any atom is -0.381 e. The third-order valence-corrected chi connectivity index (χ3v) is 4.49. The van der Waals surface area contributed by atoms with E-state index in [1.54, 1.807) is 0 Å². The molecule has 0 radical (unpaired) electrons. The van der Waals surface area contributed by atoms with Gasteiger partial charge in [0, 0.05) is 29.9 Å². The number of hydrogen-bond acceptors (Lipinski definition) is 3. The Balaban J connectivity index is 1.88. The van der Waals surface area contributed by atoms with Gasteiger partial charge in [-0.3, -0.25) is 4.79 Å². The zero-order chi connectivity index (χ0) is 13.5. The van der Waals surface area contributed by atoms with Gasteiger partial charge in [-0.05, 0) is 37.0 Å². The van der Waals surface area contributed by atoms with Gasteiger partial charge < -0.3 is 15.4 Å². The summed E-state index contributed by atoms with van der Waals surface area (Å²) >= 11 is 3.46. The Morgan fingerprint density at radius 2 is 2.11 bits per heavy atom. The largest absolute Gasteiger partial charge is 0.381 e. The number of halogens is 1. The van der Waals surface area contributed by atoms with Gasteiger partial charge in [0.25, 0.3) is 0 Å². The molecule has 2 N–H and O–H groups in total. The maximum atomic E-state index is 12.7. The molecule has 2 heterocycles. The van der Waals surface area contributed by atoms with Crippen LogP contribution in [0.2, 0.25) is 0 Å². The molecule has 1 aromatic rings. The number of rotatable bonds is 1. The fourth-order valence-electron chi connectivity index (χ4n) is 2.78. The molecule has 0 spiro atoms. The first-order valence-corrected chi connectivity index (χ1v) is 7.36. The molecule has 1 amide bonds. The normalized spacial score (nSPS) is 21.3. The molecule has 0 unspecified atom stereocenters. The topological polar surface area (TPSA) is 55.6 Å². The van der Waals surface area contributed by atoms with Crippen LogP contribution in [0.25, 0.3) is 0 Å². The molecule has 2 aliphatic heterocycles. The van der Waals surface area contributed by atoms with E-state index in [-0.39, 0.29) is 5.91 Å². The number of carbonyl (C=O) groups is 1. The van der Waals surface area contributed by atoms with Gasteiger partial charge >= 0.3 is 0 Å². The number of amides is 1. The summed E-state index contributed by atoms with van der Waals surface area (Å²) < 4.78 is 6.30. The van der Waals surface area contributed by atoms with E-state index in [4.69, 9.17) is 10.5 Å². The number of nitrogens with two attached hydrogens (primary N) is 1. The minimum atomic E-state index is -0.762. The van der Waals surface area contributed by atoms with E-state index in [0.717, 1.165) is 23.1 Å². The van der Waals surface area contributed by atoms with Crippen molar-refractivity contribution in [1.82, 2.24) is 0 Å². The predicted molar refractivity (Wildman–Crippen MR) is 77.2 cm³/mol.